The smallest absolute Gasteiger partial charge is 0.331 e. The lowest BCUT2D eigenvalue weighted by atomic mass is 9.99. The van der Waals surface area contributed by atoms with E-state index in [1.165, 1.54) is 64.9 Å². The fourth-order valence-electron chi connectivity index (χ4n) is 9.10. The van der Waals surface area contributed by atoms with Crippen LogP contribution in [0.3, 0.4) is 0 Å². The lowest BCUT2D eigenvalue weighted by Crippen LogP contribution is -2.61. The van der Waals surface area contributed by atoms with Gasteiger partial charge in [0.25, 0.3) is 0 Å². The van der Waals surface area contributed by atoms with Crippen molar-refractivity contribution in [2.75, 3.05) is 48.3 Å². The molecular weight excluding hydrogens is 1140 g/mol. The van der Waals surface area contributed by atoms with Crippen molar-refractivity contribution >= 4 is 35.1 Å². The number of benzene rings is 4. The maximum atomic E-state index is 14.7. The number of methoxy groups -OCH3 is 4. The summed E-state index contributed by atoms with van der Waals surface area (Å²) < 4.78 is 72.8. The first-order valence-electron chi connectivity index (χ1n) is 25.5. The number of carbonyl (C=O) groups excluding carboxylic acids is 2. The molecule has 15 unspecified atom stereocenters. The lowest BCUT2D eigenvalue weighted by molar-refractivity contribution is -0.282. The number of ether oxygens (including phenoxy) is 12. The van der Waals surface area contributed by atoms with Gasteiger partial charge in [-0.2, -0.15) is 0 Å². The highest BCUT2D eigenvalue weighted by atomic mass is 16.7. The van der Waals surface area contributed by atoms with E-state index in [1.54, 1.807) is 0 Å². The summed E-state index contributed by atoms with van der Waals surface area (Å²) in [5, 5.41) is 150. The number of hydrogen-bond donors (Lipinski definition) is 14. The maximum Gasteiger partial charge on any atom is 0.331 e. The number of hydrogen-bond acceptors (Lipinski definition) is 30. The molecule has 4 aromatic carbocycles. The topological polar surface area (TPSA) is 458 Å². The summed E-state index contributed by atoms with van der Waals surface area (Å²) in [6, 6.07) is 10.2. The summed E-state index contributed by atoms with van der Waals surface area (Å²) in [6.45, 7) is -2.70. The van der Waals surface area contributed by atoms with E-state index in [0.717, 1.165) is 42.5 Å². The molecule has 15 atom stereocenters. The Balaban J connectivity index is 1.17. The Morgan fingerprint density at radius 2 is 1.01 bits per heavy atom. The van der Waals surface area contributed by atoms with Crippen molar-refractivity contribution < 1.29 is 142 Å². The average Bonchev–Trinajstić information content (AvgIpc) is 3.64. The van der Waals surface area contributed by atoms with E-state index in [0.29, 0.717) is 5.56 Å². The summed E-state index contributed by atoms with van der Waals surface area (Å²) in [6.07, 6.45) is -25.1. The lowest BCUT2D eigenvalue weighted by Gasteiger charge is -2.41. The van der Waals surface area contributed by atoms with Crippen LogP contribution in [0, 0.1) is 0 Å². The van der Waals surface area contributed by atoms with Crippen LogP contribution in [0.5, 0.6) is 63.2 Å². The number of esters is 2. The van der Waals surface area contributed by atoms with E-state index in [4.69, 9.17) is 61.3 Å². The minimum atomic E-state index is -2.17. The normalized spacial score (nSPS) is 27.8. The van der Waals surface area contributed by atoms with E-state index in [2.05, 4.69) is 0 Å². The van der Waals surface area contributed by atoms with Gasteiger partial charge in [-0.3, -0.25) is 4.79 Å². The number of rotatable bonds is 20. The molecule has 460 valence electrons. The molecule has 0 spiro atoms. The summed E-state index contributed by atoms with van der Waals surface area (Å²) in [4.78, 5) is 41.2. The molecule has 85 heavy (non-hydrogen) atoms. The molecular formula is C55H60O30. The van der Waals surface area contributed by atoms with Crippen LogP contribution in [0.2, 0.25) is 0 Å². The van der Waals surface area contributed by atoms with Crippen molar-refractivity contribution in [3.05, 3.63) is 88.1 Å². The van der Waals surface area contributed by atoms with Gasteiger partial charge in [-0.05, 0) is 65.7 Å². The predicted octanol–water partition coefficient (Wildman–Crippen LogP) is -1.62. The quantitative estimate of drug-likeness (QED) is 0.0308. The van der Waals surface area contributed by atoms with Crippen LogP contribution >= 0.6 is 0 Å². The molecule has 0 saturated carbocycles. The fraction of sp³-hybridized carbons (Fsp3) is 0.400. The van der Waals surface area contributed by atoms with E-state index in [1.807, 2.05) is 0 Å². The van der Waals surface area contributed by atoms with Gasteiger partial charge in [-0.15, -0.1) is 0 Å². The third kappa shape index (κ3) is 13.4. The van der Waals surface area contributed by atoms with Crippen molar-refractivity contribution in [3.8, 4) is 74.6 Å². The molecule has 0 amide bonds. The Kier molecular flexibility index (Phi) is 19.8. The second-order valence-corrected chi connectivity index (χ2v) is 19.1. The molecule has 3 fully saturated rings. The van der Waals surface area contributed by atoms with E-state index >= 15 is 0 Å². The number of phenols is 4. The third-order valence-electron chi connectivity index (χ3n) is 13.7. The van der Waals surface area contributed by atoms with E-state index < -0.39 is 175 Å². The van der Waals surface area contributed by atoms with Gasteiger partial charge in [-0.1, -0.05) is 0 Å². The van der Waals surface area contributed by atoms with Crippen LogP contribution in [-0.4, -0.2) is 224 Å². The molecule has 1 aromatic heterocycles. The first-order valence-corrected chi connectivity index (χ1v) is 25.5. The Morgan fingerprint density at radius 3 is 1.54 bits per heavy atom. The molecule has 30 heteroatoms. The summed E-state index contributed by atoms with van der Waals surface area (Å²) in [7, 11) is 5.10. The molecule has 3 saturated heterocycles. The fourth-order valence-corrected chi connectivity index (χ4v) is 9.10. The predicted molar refractivity (Wildman–Crippen MR) is 283 cm³/mol. The molecule has 4 heterocycles. The van der Waals surface area contributed by atoms with Crippen molar-refractivity contribution in [3.63, 3.8) is 0 Å². The highest BCUT2D eigenvalue weighted by molar-refractivity contribution is 5.89. The molecule has 30 nitrogen and oxygen atoms in total. The number of phenolic OH excluding ortho intramolecular Hbond substituents is 4. The van der Waals surface area contributed by atoms with Gasteiger partial charge in [0.15, 0.2) is 46.4 Å². The molecule has 3 aliphatic rings. The molecule has 5 aromatic rings. The molecule has 0 radical (unpaired) electrons. The van der Waals surface area contributed by atoms with Crippen molar-refractivity contribution in [1.82, 2.24) is 0 Å². The van der Waals surface area contributed by atoms with Crippen LogP contribution in [0.4, 0.5) is 0 Å². The standard InChI is InChI=1S/C55H60O30/c1-73-29-11-21(12-30(74-2)39(29)62)5-9-36(60)77-20-35-43(66)46(69)49(72)54(83-35)80-27-15-23(7-8-26(27)79-53-48(71)45(68)41(64)33(18-56)81-53)50-51(44(67)38-25(59)16-24(58)17-28(38)78-50)85-55-52(47(70)42(65)34(19-57)82-55)84-37(61)10-6-22-13-31(75-3)40(63)32(14-22)76-4/h5-17,33-35,41-43,45-49,52-59,62-66,68-72H,18-20H2,1-4H3. The SMILES string of the molecule is COc1cc(C=CC(=O)OCC2OC(Oc3cc(-c4oc5cc(O)cc(O)c5c(=O)c4OC4OC(CO)C(O)C(O)C4OC(=O)C=Cc4cc(OC)c(O)c(OC)c4)ccc3OC3OC(CO)C(O)C(O)C3O)C(O)C(O)C2O)cc(OC)c1O. The van der Waals surface area contributed by atoms with Gasteiger partial charge in [0.1, 0.15) is 96.2 Å². The number of fused-ring (bicyclic) bond motifs is 1. The Bertz CT molecular complexity index is 3270. The van der Waals surface area contributed by atoms with Crippen LogP contribution in [0.15, 0.2) is 76.0 Å². The number of aliphatic hydroxyl groups is 10. The molecule has 0 aliphatic carbocycles. The van der Waals surface area contributed by atoms with E-state index in [-0.39, 0.29) is 45.6 Å². The van der Waals surface area contributed by atoms with Gasteiger partial charge >= 0.3 is 11.9 Å². The summed E-state index contributed by atoms with van der Waals surface area (Å²) in [5.74, 6) is -7.22. The van der Waals surface area contributed by atoms with Crippen LogP contribution in [-0.2, 0) is 33.3 Å². The zero-order chi connectivity index (χ0) is 61.7. The highest BCUT2D eigenvalue weighted by Crippen LogP contribution is 2.43. The maximum absolute atomic E-state index is 14.7. The van der Waals surface area contributed by atoms with Gasteiger partial charge in [-0.25, -0.2) is 9.59 Å². The van der Waals surface area contributed by atoms with Crippen LogP contribution < -0.4 is 38.6 Å². The zero-order valence-electron chi connectivity index (χ0n) is 45.1. The molecule has 14 N–H and O–H groups in total. The van der Waals surface area contributed by atoms with Gasteiger partial charge in [0.2, 0.25) is 41.5 Å². The average molecular weight is 1200 g/mol. The Labute approximate surface area is 479 Å². The third-order valence-corrected chi connectivity index (χ3v) is 13.7. The molecule has 8 rings (SSSR count). The highest BCUT2D eigenvalue weighted by Gasteiger charge is 2.50. The monoisotopic (exact) mass is 1200 g/mol. The minimum Gasteiger partial charge on any atom is -0.508 e. The molecule has 3 aliphatic heterocycles. The van der Waals surface area contributed by atoms with Gasteiger partial charge in [0, 0.05) is 29.8 Å². The first kappa shape index (κ1) is 62.8. The Hall–Kier alpha value is -8.21. The van der Waals surface area contributed by atoms with Crippen molar-refractivity contribution in [2.45, 2.75) is 92.1 Å². The van der Waals surface area contributed by atoms with Crippen LogP contribution in [0.1, 0.15) is 11.1 Å². The van der Waals surface area contributed by atoms with Crippen molar-refractivity contribution in [2.24, 2.45) is 0 Å². The number of aromatic hydroxyl groups is 4. The van der Waals surface area contributed by atoms with Gasteiger partial charge in [0.05, 0.1) is 41.7 Å². The van der Waals surface area contributed by atoms with Crippen molar-refractivity contribution in [1.29, 1.82) is 0 Å². The van der Waals surface area contributed by atoms with E-state index in [9.17, 15) is 85.9 Å². The van der Waals surface area contributed by atoms with Gasteiger partial charge < -0.3 is 133 Å². The summed E-state index contributed by atoms with van der Waals surface area (Å²) >= 11 is 0. The zero-order valence-corrected chi connectivity index (χ0v) is 45.1. The second kappa shape index (κ2) is 26.8. The number of aliphatic hydroxyl groups excluding tert-OH is 10. The number of carbonyl (C=O) groups is 2. The second-order valence-electron chi connectivity index (χ2n) is 19.1. The largest absolute Gasteiger partial charge is 0.508 e. The Morgan fingerprint density at radius 1 is 0.529 bits per heavy atom. The van der Waals surface area contributed by atoms with Crippen LogP contribution in [0.25, 0.3) is 34.4 Å². The first-order chi connectivity index (χ1) is 40.5. The summed E-state index contributed by atoms with van der Waals surface area (Å²) in [5.41, 5.74) is -1.55. The molecule has 0 bridgehead atoms. The minimum absolute atomic E-state index is 0.0117.